The van der Waals surface area contributed by atoms with Crippen LogP contribution in [0.15, 0.2) is 11.6 Å². The number of carbonyl (C=O) groups is 1. The highest BCUT2D eigenvalue weighted by atomic mass is 35.5. The molecule has 0 bridgehead atoms. The fourth-order valence-corrected chi connectivity index (χ4v) is 1.08. The predicted octanol–water partition coefficient (Wildman–Crippen LogP) is 1.20. The first-order valence-corrected chi connectivity index (χ1v) is 4.93. The van der Waals surface area contributed by atoms with E-state index in [-0.39, 0.29) is 5.91 Å². The molecule has 1 N–H and O–H groups in total. The number of nitrogens with zero attached hydrogens (tertiary/aromatic N) is 1. The van der Waals surface area contributed by atoms with Gasteiger partial charge in [0.2, 0.25) is 5.91 Å². The summed E-state index contributed by atoms with van der Waals surface area (Å²) < 4.78 is 0. The van der Waals surface area contributed by atoms with Crippen LogP contribution < -0.4 is 5.32 Å². The van der Waals surface area contributed by atoms with Gasteiger partial charge in [-0.05, 0) is 13.8 Å². The third-order valence-corrected chi connectivity index (χ3v) is 1.92. The topological polar surface area (TPSA) is 32.3 Å². The predicted molar refractivity (Wildman–Crippen MR) is 55.8 cm³/mol. The van der Waals surface area contributed by atoms with E-state index in [0.717, 1.165) is 13.1 Å². The highest BCUT2D eigenvalue weighted by Crippen LogP contribution is 1.87. The van der Waals surface area contributed by atoms with E-state index in [2.05, 4.69) is 5.32 Å². The minimum absolute atomic E-state index is 0.132. The normalized spacial score (nSPS) is 10.7. The van der Waals surface area contributed by atoms with Crippen LogP contribution in [0.4, 0.5) is 0 Å². The number of likely N-dealkylation sites (N-methyl/N-ethyl adjacent to an activating group) is 1. The molecule has 0 radical (unpaired) electrons. The maximum Gasteiger partial charge on any atom is 0.236 e. The summed E-state index contributed by atoms with van der Waals surface area (Å²) in [6, 6.07) is 0. The van der Waals surface area contributed by atoms with Gasteiger partial charge in [0.1, 0.15) is 0 Å². The maximum atomic E-state index is 11.4. The van der Waals surface area contributed by atoms with Crippen molar-refractivity contribution in [2.24, 2.45) is 0 Å². The van der Waals surface area contributed by atoms with Crippen molar-refractivity contribution in [1.82, 2.24) is 10.2 Å². The van der Waals surface area contributed by atoms with Crippen LogP contribution >= 0.6 is 11.6 Å². The zero-order valence-corrected chi connectivity index (χ0v) is 8.97. The van der Waals surface area contributed by atoms with E-state index in [1.165, 1.54) is 5.54 Å². The number of amides is 1. The number of halogens is 1. The molecule has 0 fully saturated rings. The van der Waals surface area contributed by atoms with Gasteiger partial charge in [0.15, 0.2) is 0 Å². The van der Waals surface area contributed by atoms with Crippen LogP contribution in [0.2, 0.25) is 0 Å². The van der Waals surface area contributed by atoms with Gasteiger partial charge < -0.3 is 10.2 Å². The van der Waals surface area contributed by atoms with E-state index in [1.54, 1.807) is 11.0 Å². The highest BCUT2D eigenvalue weighted by molar-refractivity contribution is 6.25. The molecule has 0 rings (SSSR count). The number of nitrogens with one attached hydrogen (secondary N) is 1. The molecular weight excluding hydrogens is 188 g/mol. The summed E-state index contributed by atoms with van der Waals surface area (Å²) in [6.45, 7) is 6.49. The molecule has 0 atom stereocenters. The average molecular weight is 205 g/mol. The Labute approximate surface area is 84.7 Å². The zero-order chi connectivity index (χ0) is 10.1. The van der Waals surface area contributed by atoms with Crippen molar-refractivity contribution in [3.05, 3.63) is 11.6 Å². The zero-order valence-electron chi connectivity index (χ0n) is 8.22. The van der Waals surface area contributed by atoms with Gasteiger partial charge in [-0.15, -0.1) is 0 Å². The summed E-state index contributed by atoms with van der Waals surface area (Å²) in [7, 11) is 0. The second-order valence-electron chi connectivity index (χ2n) is 2.56. The number of hydrogen-bond donors (Lipinski definition) is 1. The molecule has 0 saturated carbocycles. The largest absolute Gasteiger partial charge is 0.342 e. The molecule has 76 valence electrons. The lowest BCUT2D eigenvalue weighted by atomic mass is 10.4. The maximum absolute atomic E-state index is 11.4. The van der Waals surface area contributed by atoms with Crippen LogP contribution in [0.25, 0.3) is 0 Å². The Morgan fingerprint density at radius 1 is 1.46 bits per heavy atom. The molecule has 3 nitrogen and oxygen atoms in total. The average Bonchev–Trinajstić information content (AvgIpc) is 2.14. The van der Waals surface area contributed by atoms with Crippen molar-refractivity contribution < 1.29 is 4.79 Å². The first kappa shape index (κ1) is 12.5. The van der Waals surface area contributed by atoms with Crippen molar-refractivity contribution in [3.63, 3.8) is 0 Å². The molecule has 0 aliphatic carbocycles. The van der Waals surface area contributed by atoms with Crippen LogP contribution in [0.1, 0.15) is 13.8 Å². The Morgan fingerprint density at radius 3 is 2.54 bits per heavy atom. The van der Waals surface area contributed by atoms with Crippen LogP contribution in [0.3, 0.4) is 0 Å². The van der Waals surface area contributed by atoms with Gasteiger partial charge in [0.05, 0.1) is 6.54 Å². The van der Waals surface area contributed by atoms with E-state index in [9.17, 15) is 4.79 Å². The fourth-order valence-electron chi connectivity index (χ4n) is 0.995. The molecule has 0 unspecified atom stereocenters. The van der Waals surface area contributed by atoms with E-state index < -0.39 is 0 Å². The molecule has 0 spiro atoms. The molecule has 1 amide bonds. The molecule has 4 heteroatoms. The summed E-state index contributed by atoms with van der Waals surface area (Å²) in [5, 5.41) is 2.97. The first-order valence-electron chi connectivity index (χ1n) is 4.49. The second kappa shape index (κ2) is 8.08. The molecular formula is C9H17ClN2O. The van der Waals surface area contributed by atoms with Crippen LogP contribution in [0, 0.1) is 0 Å². The molecule has 0 heterocycles. The van der Waals surface area contributed by atoms with Crippen molar-refractivity contribution >= 4 is 17.5 Å². The van der Waals surface area contributed by atoms with Gasteiger partial charge in [-0.25, -0.2) is 0 Å². The molecule has 0 aromatic heterocycles. The van der Waals surface area contributed by atoms with Gasteiger partial charge in [-0.2, -0.15) is 0 Å². The quantitative estimate of drug-likeness (QED) is 0.660. The van der Waals surface area contributed by atoms with Crippen molar-refractivity contribution in [1.29, 1.82) is 0 Å². The number of carbonyl (C=O) groups excluding carboxylic acids is 1. The summed E-state index contributed by atoms with van der Waals surface area (Å²) in [6.07, 6.45) is 1.76. The Morgan fingerprint density at radius 2 is 2.08 bits per heavy atom. The molecule has 0 aromatic rings. The lowest BCUT2D eigenvalue weighted by molar-refractivity contribution is -0.129. The molecule has 0 aliphatic rings. The summed E-state index contributed by atoms with van der Waals surface area (Å²) in [4.78, 5) is 13.2. The summed E-state index contributed by atoms with van der Waals surface area (Å²) in [5.74, 6) is 0.132. The van der Waals surface area contributed by atoms with Gasteiger partial charge in [0.25, 0.3) is 0 Å². The third-order valence-electron chi connectivity index (χ3n) is 1.74. The highest BCUT2D eigenvalue weighted by Gasteiger charge is 2.06. The minimum atomic E-state index is 0.132. The SMILES string of the molecule is CCN(CC)C(=O)CNC/C=C/Cl. The minimum Gasteiger partial charge on any atom is -0.342 e. The van der Waals surface area contributed by atoms with Gasteiger partial charge in [-0.3, -0.25) is 4.79 Å². The first-order chi connectivity index (χ1) is 6.26. The fraction of sp³-hybridized carbons (Fsp3) is 0.667. The summed E-state index contributed by atoms with van der Waals surface area (Å²) >= 11 is 5.32. The Hall–Kier alpha value is -0.540. The second-order valence-corrected chi connectivity index (χ2v) is 2.81. The monoisotopic (exact) mass is 204 g/mol. The lowest BCUT2D eigenvalue weighted by Gasteiger charge is -2.18. The van der Waals surface area contributed by atoms with Crippen LogP contribution in [0.5, 0.6) is 0 Å². The summed E-state index contributed by atoms with van der Waals surface area (Å²) in [5.41, 5.74) is 1.44. The Balaban J connectivity index is 3.60. The van der Waals surface area contributed by atoms with Crippen LogP contribution in [-0.4, -0.2) is 37.0 Å². The standard InChI is InChI=1S/C9H17ClN2O/c1-3-12(4-2)9(13)8-11-7-5-6-10/h5-6,11H,3-4,7-8H2,1-2H3/b6-5+. The van der Waals surface area contributed by atoms with Crippen molar-refractivity contribution in [2.75, 3.05) is 26.2 Å². The molecule has 0 aliphatic heterocycles. The number of rotatable bonds is 6. The lowest BCUT2D eigenvalue weighted by Crippen LogP contribution is -2.37. The number of hydrogen-bond acceptors (Lipinski definition) is 2. The van der Waals surface area contributed by atoms with Crippen LogP contribution in [-0.2, 0) is 4.79 Å². The third kappa shape index (κ3) is 5.66. The smallest absolute Gasteiger partial charge is 0.236 e. The van der Waals surface area contributed by atoms with Gasteiger partial charge in [-0.1, -0.05) is 17.7 Å². The Bertz CT molecular complexity index is 167. The van der Waals surface area contributed by atoms with E-state index in [0.29, 0.717) is 13.1 Å². The van der Waals surface area contributed by atoms with Gasteiger partial charge in [0, 0.05) is 25.2 Å². The molecule has 0 aromatic carbocycles. The van der Waals surface area contributed by atoms with Crippen molar-refractivity contribution in [3.8, 4) is 0 Å². The molecule has 0 saturated heterocycles. The van der Waals surface area contributed by atoms with E-state index in [4.69, 9.17) is 11.6 Å². The van der Waals surface area contributed by atoms with Crippen molar-refractivity contribution in [2.45, 2.75) is 13.8 Å². The molecule has 13 heavy (non-hydrogen) atoms. The van der Waals surface area contributed by atoms with Gasteiger partial charge >= 0.3 is 0 Å². The van der Waals surface area contributed by atoms with E-state index in [1.807, 2.05) is 13.8 Å². The Kier molecular flexibility index (Phi) is 7.74. The van der Waals surface area contributed by atoms with E-state index >= 15 is 0 Å².